The molecule has 9 heteroatoms. The van der Waals surface area contributed by atoms with Crippen LogP contribution in [0.5, 0.6) is 11.5 Å². The maximum atomic E-state index is 13.0. The summed E-state index contributed by atoms with van der Waals surface area (Å²) in [6, 6.07) is 15.1. The lowest BCUT2D eigenvalue weighted by atomic mass is 10.1. The van der Waals surface area contributed by atoms with E-state index in [-0.39, 0.29) is 11.5 Å². The van der Waals surface area contributed by atoms with E-state index < -0.39 is 0 Å². The van der Waals surface area contributed by atoms with Gasteiger partial charge in [-0.3, -0.25) is 9.36 Å². The van der Waals surface area contributed by atoms with Gasteiger partial charge < -0.3 is 19.1 Å². The number of benzene rings is 2. The highest BCUT2D eigenvalue weighted by atomic mass is 32.2. The van der Waals surface area contributed by atoms with Gasteiger partial charge in [0.15, 0.2) is 10.9 Å². The molecule has 0 radical (unpaired) electrons. The van der Waals surface area contributed by atoms with E-state index in [1.54, 1.807) is 32.4 Å². The summed E-state index contributed by atoms with van der Waals surface area (Å²) in [7, 11) is 3.12. The summed E-state index contributed by atoms with van der Waals surface area (Å²) in [6.07, 6.45) is 0. The van der Waals surface area contributed by atoms with Crippen molar-refractivity contribution in [2.24, 2.45) is 0 Å². The van der Waals surface area contributed by atoms with Crippen LogP contribution in [-0.4, -0.2) is 66.8 Å². The molecule has 1 fully saturated rings. The summed E-state index contributed by atoms with van der Waals surface area (Å²) in [5.74, 6) is 2.00. The average Bonchev–Trinajstić information content (AvgIpc) is 3.27. The monoisotopic (exact) mass is 440 g/mol. The molecule has 2 aromatic carbocycles. The number of rotatable bonds is 8. The van der Waals surface area contributed by atoms with E-state index in [0.29, 0.717) is 35.4 Å². The van der Waals surface area contributed by atoms with Crippen molar-refractivity contribution in [3.8, 4) is 17.2 Å². The standard InChI is InChI=1S/C22H24N4O4S/c1-28-17-8-9-20(29-2)18(14-17)19(27)15-31-22-24-23-21(25-10-12-30-13-11-25)26(22)16-6-4-3-5-7-16/h3-9,14H,10-13,15H2,1-2H3. The Balaban J connectivity index is 1.60. The number of ether oxygens (including phenoxy) is 3. The normalized spacial score (nSPS) is 13.8. The highest BCUT2D eigenvalue weighted by Crippen LogP contribution is 2.30. The number of methoxy groups -OCH3 is 2. The van der Waals surface area contributed by atoms with E-state index in [0.717, 1.165) is 24.7 Å². The number of carbonyl (C=O) groups is 1. The van der Waals surface area contributed by atoms with Crippen molar-refractivity contribution in [3.05, 3.63) is 54.1 Å². The molecule has 0 atom stereocenters. The van der Waals surface area contributed by atoms with Crippen LogP contribution in [0.25, 0.3) is 5.69 Å². The van der Waals surface area contributed by atoms with E-state index in [9.17, 15) is 4.79 Å². The topological polar surface area (TPSA) is 78.7 Å². The zero-order valence-electron chi connectivity index (χ0n) is 17.5. The predicted octanol–water partition coefficient (Wildman–Crippen LogP) is 3.10. The minimum Gasteiger partial charge on any atom is -0.497 e. The zero-order chi connectivity index (χ0) is 21.6. The van der Waals surface area contributed by atoms with Crippen LogP contribution in [0.3, 0.4) is 0 Å². The second kappa shape index (κ2) is 9.84. The summed E-state index contributed by atoms with van der Waals surface area (Å²) < 4.78 is 18.1. The van der Waals surface area contributed by atoms with E-state index in [4.69, 9.17) is 14.2 Å². The van der Waals surface area contributed by atoms with Crippen LogP contribution in [0.2, 0.25) is 0 Å². The Kier molecular flexibility index (Phi) is 6.73. The number of carbonyl (C=O) groups excluding carboxylic acids is 1. The van der Waals surface area contributed by atoms with Crippen molar-refractivity contribution in [1.82, 2.24) is 14.8 Å². The quantitative estimate of drug-likeness (QED) is 0.391. The number of nitrogens with zero attached hydrogens (tertiary/aromatic N) is 4. The second-order valence-electron chi connectivity index (χ2n) is 6.83. The van der Waals surface area contributed by atoms with Crippen LogP contribution in [-0.2, 0) is 4.74 Å². The first kappa shape index (κ1) is 21.2. The van der Waals surface area contributed by atoms with Crippen molar-refractivity contribution < 1.29 is 19.0 Å². The summed E-state index contributed by atoms with van der Waals surface area (Å²) >= 11 is 1.35. The Morgan fingerprint density at radius 2 is 1.84 bits per heavy atom. The number of Topliss-reactive ketones (excluding diaryl/α,β-unsaturated/α-hetero) is 1. The molecule has 0 N–H and O–H groups in total. The Morgan fingerprint density at radius 1 is 1.06 bits per heavy atom. The molecule has 2 heterocycles. The largest absolute Gasteiger partial charge is 0.497 e. The lowest BCUT2D eigenvalue weighted by Crippen LogP contribution is -2.37. The van der Waals surface area contributed by atoms with Gasteiger partial charge in [-0.1, -0.05) is 30.0 Å². The van der Waals surface area contributed by atoms with Crippen LogP contribution >= 0.6 is 11.8 Å². The van der Waals surface area contributed by atoms with Crippen molar-refractivity contribution in [3.63, 3.8) is 0 Å². The molecule has 4 rings (SSSR count). The van der Waals surface area contributed by atoms with Gasteiger partial charge in [0.1, 0.15) is 11.5 Å². The number of hydrogen-bond donors (Lipinski definition) is 0. The van der Waals surface area contributed by atoms with Crippen LogP contribution < -0.4 is 14.4 Å². The van der Waals surface area contributed by atoms with Gasteiger partial charge in [0.2, 0.25) is 5.95 Å². The molecule has 1 saturated heterocycles. The van der Waals surface area contributed by atoms with Gasteiger partial charge in [-0.25, -0.2) is 0 Å². The van der Waals surface area contributed by atoms with Gasteiger partial charge in [0.05, 0.1) is 44.4 Å². The molecule has 0 bridgehead atoms. The maximum Gasteiger partial charge on any atom is 0.232 e. The Labute approximate surface area is 185 Å². The summed E-state index contributed by atoms with van der Waals surface area (Å²) in [6.45, 7) is 2.79. The number of ketones is 1. The van der Waals surface area contributed by atoms with Crippen LogP contribution in [0.4, 0.5) is 5.95 Å². The minimum absolute atomic E-state index is 0.0729. The predicted molar refractivity (Wildman–Crippen MR) is 119 cm³/mol. The molecule has 1 aliphatic heterocycles. The molecular formula is C22H24N4O4S. The SMILES string of the molecule is COc1ccc(OC)c(C(=O)CSc2nnc(N3CCOCC3)n2-c2ccccc2)c1. The Hall–Kier alpha value is -3.04. The third-order valence-corrected chi connectivity index (χ3v) is 5.89. The smallest absolute Gasteiger partial charge is 0.232 e. The number of anilines is 1. The van der Waals surface area contributed by atoms with Gasteiger partial charge >= 0.3 is 0 Å². The van der Waals surface area contributed by atoms with Gasteiger partial charge in [0, 0.05) is 13.1 Å². The molecule has 0 aliphatic carbocycles. The number of para-hydroxylation sites is 1. The number of hydrogen-bond acceptors (Lipinski definition) is 8. The minimum atomic E-state index is -0.0729. The van der Waals surface area contributed by atoms with Gasteiger partial charge in [-0.15, -0.1) is 10.2 Å². The first-order valence-electron chi connectivity index (χ1n) is 9.93. The summed E-state index contributed by atoms with van der Waals surface area (Å²) in [5.41, 5.74) is 1.43. The van der Waals surface area contributed by atoms with Crippen molar-refractivity contribution in [1.29, 1.82) is 0 Å². The van der Waals surface area contributed by atoms with Gasteiger partial charge in [0.25, 0.3) is 0 Å². The van der Waals surface area contributed by atoms with E-state index in [1.807, 2.05) is 34.9 Å². The first-order chi connectivity index (χ1) is 15.2. The molecule has 1 aliphatic rings. The third kappa shape index (κ3) is 4.67. The number of thioether (sulfide) groups is 1. The lowest BCUT2D eigenvalue weighted by molar-refractivity contribution is 0.101. The van der Waals surface area contributed by atoms with Crippen LogP contribution in [0.1, 0.15) is 10.4 Å². The highest BCUT2D eigenvalue weighted by Gasteiger charge is 2.23. The summed E-state index contributed by atoms with van der Waals surface area (Å²) in [5, 5.41) is 9.48. The second-order valence-corrected chi connectivity index (χ2v) is 7.77. The molecule has 162 valence electrons. The molecule has 31 heavy (non-hydrogen) atoms. The first-order valence-corrected chi connectivity index (χ1v) is 10.9. The van der Waals surface area contributed by atoms with E-state index in [2.05, 4.69) is 15.1 Å². The fourth-order valence-electron chi connectivity index (χ4n) is 3.37. The molecule has 0 spiro atoms. The van der Waals surface area contributed by atoms with Crippen molar-refractivity contribution in [2.45, 2.75) is 5.16 Å². The number of aromatic nitrogens is 3. The van der Waals surface area contributed by atoms with Crippen LogP contribution in [0, 0.1) is 0 Å². The van der Waals surface area contributed by atoms with Crippen molar-refractivity contribution in [2.75, 3.05) is 51.2 Å². The van der Waals surface area contributed by atoms with E-state index in [1.165, 1.54) is 11.8 Å². The molecular weight excluding hydrogens is 416 g/mol. The molecule has 3 aromatic rings. The van der Waals surface area contributed by atoms with Gasteiger partial charge in [-0.2, -0.15) is 0 Å². The summed E-state index contributed by atoms with van der Waals surface area (Å²) in [4.78, 5) is 15.1. The average molecular weight is 441 g/mol. The fraction of sp³-hybridized carbons (Fsp3) is 0.318. The molecule has 0 unspecified atom stereocenters. The molecule has 8 nitrogen and oxygen atoms in total. The van der Waals surface area contributed by atoms with Crippen LogP contribution in [0.15, 0.2) is 53.7 Å². The lowest BCUT2D eigenvalue weighted by Gasteiger charge is -2.27. The Morgan fingerprint density at radius 3 is 2.55 bits per heavy atom. The Bertz CT molecular complexity index is 1040. The van der Waals surface area contributed by atoms with E-state index >= 15 is 0 Å². The molecule has 1 aromatic heterocycles. The van der Waals surface area contributed by atoms with Gasteiger partial charge in [-0.05, 0) is 30.3 Å². The molecule has 0 saturated carbocycles. The number of morpholine rings is 1. The third-order valence-electron chi connectivity index (χ3n) is 4.96. The highest BCUT2D eigenvalue weighted by molar-refractivity contribution is 7.99. The zero-order valence-corrected chi connectivity index (χ0v) is 18.3. The molecule has 0 amide bonds. The maximum absolute atomic E-state index is 13.0. The fourth-order valence-corrected chi connectivity index (χ4v) is 4.20. The van der Waals surface area contributed by atoms with Crippen molar-refractivity contribution >= 4 is 23.5 Å².